The highest BCUT2D eigenvalue weighted by Gasteiger charge is 2.33. The van der Waals surface area contributed by atoms with Gasteiger partial charge in [0.25, 0.3) is 0 Å². The summed E-state index contributed by atoms with van der Waals surface area (Å²) in [5, 5.41) is 1.14. The number of thiazole rings is 1. The Morgan fingerprint density at radius 1 is 1.47 bits per heavy atom. The van der Waals surface area contributed by atoms with E-state index in [0.29, 0.717) is 0 Å². The fraction of sp³-hybridized carbons (Fsp3) is 0.800. The molecule has 1 aromatic rings. The molecule has 1 aliphatic carbocycles. The van der Waals surface area contributed by atoms with Gasteiger partial charge in [-0.15, -0.1) is 11.3 Å². The van der Waals surface area contributed by atoms with Gasteiger partial charge in [-0.05, 0) is 30.6 Å². The van der Waals surface area contributed by atoms with Crippen LogP contribution in [0.15, 0.2) is 0 Å². The molecule has 1 aliphatic rings. The lowest BCUT2D eigenvalue weighted by atomic mass is 9.77. The molecule has 0 aliphatic heterocycles. The predicted octanol–water partition coefficient (Wildman–Crippen LogP) is 3.60. The fourth-order valence-electron chi connectivity index (χ4n) is 2.69. The molecule has 1 atom stereocenters. The molecule has 2 rings (SSSR count). The second kappa shape index (κ2) is 5.41. The van der Waals surface area contributed by atoms with E-state index in [4.69, 9.17) is 10.7 Å². The van der Waals surface area contributed by atoms with Crippen molar-refractivity contribution in [3.8, 4) is 0 Å². The van der Waals surface area contributed by atoms with Gasteiger partial charge in [0, 0.05) is 24.5 Å². The normalized spacial score (nSPS) is 21.5. The SMILES string of the molecule is CC(C)CCN(C)c1nc2c(s1)C(N)CC(C)(C)C2. The Balaban J connectivity index is 2.14. The van der Waals surface area contributed by atoms with Crippen LogP contribution in [0, 0.1) is 11.3 Å². The van der Waals surface area contributed by atoms with Gasteiger partial charge in [-0.2, -0.15) is 0 Å². The lowest BCUT2D eigenvalue weighted by molar-refractivity contribution is 0.282. The van der Waals surface area contributed by atoms with Gasteiger partial charge in [-0.1, -0.05) is 27.7 Å². The minimum absolute atomic E-state index is 0.170. The molecule has 4 heteroatoms. The number of fused-ring (bicyclic) bond motifs is 1. The van der Waals surface area contributed by atoms with Gasteiger partial charge in [0.05, 0.1) is 5.69 Å². The molecule has 0 amide bonds. The third-order valence-electron chi connectivity index (χ3n) is 3.84. The first-order valence-electron chi connectivity index (χ1n) is 7.25. The van der Waals surface area contributed by atoms with Crippen molar-refractivity contribution in [2.24, 2.45) is 17.1 Å². The van der Waals surface area contributed by atoms with Crippen LogP contribution in [-0.2, 0) is 6.42 Å². The zero-order valence-electron chi connectivity index (χ0n) is 12.9. The lowest BCUT2D eigenvalue weighted by Gasteiger charge is -2.32. The van der Waals surface area contributed by atoms with Crippen molar-refractivity contribution in [2.45, 2.75) is 53.0 Å². The van der Waals surface area contributed by atoms with Crippen molar-refractivity contribution >= 4 is 16.5 Å². The van der Waals surface area contributed by atoms with Crippen molar-refractivity contribution in [1.82, 2.24) is 4.98 Å². The van der Waals surface area contributed by atoms with Crippen LogP contribution < -0.4 is 10.6 Å². The van der Waals surface area contributed by atoms with Gasteiger partial charge in [0.15, 0.2) is 5.13 Å². The van der Waals surface area contributed by atoms with Gasteiger partial charge < -0.3 is 10.6 Å². The molecule has 0 spiro atoms. The minimum atomic E-state index is 0.170. The van der Waals surface area contributed by atoms with Gasteiger partial charge in [-0.3, -0.25) is 0 Å². The molecule has 0 saturated heterocycles. The summed E-state index contributed by atoms with van der Waals surface area (Å²) in [7, 11) is 2.14. The third-order valence-corrected chi connectivity index (χ3v) is 5.18. The molecule has 0 bridgehead atoms. The first kappa shape index (κ1) is 14.8. The molecule has 3 nitrogen and oxygen atoms in total. The molecule has 0 aromatic carbocycles. The minimum Gasteiger partial charge on any atom is -0.351 e. The molecular formula is C15H27N3S. The van der Waals surface area contributed by atoms with Gasteiger partial charge in [0.2, 0.25) is 0 Å². The first-order chi connectivity index (χ1) is 8.78. The summed E-state index contributed by atoms with van der Waals surface area (Å²) < 4.78 is 0. The molecule has 0 saturated carbocycles. The average molecular weight is 281 g/mol. The second-order valence-electron chi connectivity index (χ2n) is 7.06. The fourth-order valence-corrected chi connectivity index (χ4v) is 3.76. The molecule has 108 valence electrons. The quantitative estimate of drug-likeness (QED) is 0.917. The highest BCUT2D eigenvalue weighted by molar-refractivity contribution is 7.15. The zero-order valence-corrected chi connectivity index (χ0v) is 13.7. The van der Waals surface area contributed by atoms with Crippen molar-refractivity contribution in [1.29, 1.82) is 0 Å². The maximum atomic E-state index is 6.31. The summed E-state index contributed by atoms with van der Waals surface area (Å²) in [6.45, 7) is 10.2. The maximum Gasteiger partial charge on any atom is 0.185 e. The van der Waals surface area contributed by atoms with Crippen molar-refractivity contribution in [3.63, 3.8) is 0 Å². The number of nitrogens with two attached hydrogens (primary N) is 1. The Kier molecular flexibility index (Phi) is 4.21. The molecule has 1 unspecified atom stereocenters. The van der Waals surface area contributed by atoms with E-state index in [1.54, 1.807) is 11.3 Å². The summed E-state index contributed by atoms with van der Waals surface area (Å²) in [6, 6.07) is 0.170. The summed E-state index contributed by atoms with van der Waals surface area (Å²) in [5.41, 5.74) is 7.83. The highest BCUT2D eigenvalue weighted by atomic mass is 32.1. The molecule has 2 N–H and O–H groups in total. The largest absolute Gasteiger partial charge is 0.351 e. The Morgan fingerprint density at radius 2 is 2.16 bits per heavy atom. The summed E-state index contributed by atoms with van der Waals surface area (Å²) in [6.07, 6.45) is 3.33. The molecule has 19 heavy (non-hydrogen) atoms. The predicted molar refractivity (Wildman–Crippen MR) is 83.9 cm³/mol. The van der Waals surface area contributed by atoms with E-state index >= 15 is 0 Å². The zero-order chi connectivity index (χ0) is 14.2. The van der Waals surface area contributed by atoms with Crippen LogP contribution in [0.3, 0.4) is 0 Å². The van der Waals surface area contributed by atoms with E-state index in [9.17, 15) is 0 Å². The van der Waals surface area contributed by atoms with E-state index in [0.717, 1.165) is 30.4 Å². The van der Waals surface area contributed by atoms with Crippen LogP contribution in [0.2, 0.25) is 0 Å². The summed E-state index contributed by atoms with van der Waals surface area (Å²) >= 11 is 1.79. The molecule has 1 aromatic heterocycles. The monoisotopic (exact) mass is 281 g/mol. The van der Waals surface area contributed by atoms with Gasteiger partial charge in [0.1, 0.15) is 0 Å². The van der Waals surface area contributed by atoms with E-state index in [2.05, 4.69) is 39.6 Å². The Labute approximate surface area is 121 Å². The van der Waals surface area contributed by atoms with Gasteiger partial charge in [-0.25, -0.2) is 4.98 Å². The standard InChI is InChI=1S/C15H27N3S/c1-10(2)6-7-18(5)14-17-12-9-15(3,4)8-11(16)13(12)19-14/h10-11H,6-9,16H2,1-5H3. The Bertz CT molecular complexity index is 437. The summed E-state index contributed by atoms with van der Waals surface area (Å²) in [5.74, 6) is 0.734. The first-order valence-corrected chi connectivity index (χ1v) is 8.06. The third kappa shape index (κ3) is 3.48. The van der Waals surface area contributed by atoms with E-state index in [1.165, 1.54) is 17.0 Å². The van der Waals surface area contributed by atoms with Crippen LogP contribution in [0.5, 0.6) is 0 Å². The van der Waals surface area contributed by atoms with Crippen LogP contribution in [-0.4, -0.2) is 18.6 Å². The Morgan fingerprint density at radius 3 is 2.79 bits per heavy atom. The topological polar surface area (TPSA) is 42.2 Å². The summed E-state index contributed by atoms with van der Waals surface area (Å²) in [4.78, 5) is 8.43. The molecule has 1 heterocycles. The van der Waals surface area contributed by atoms with Crippen LogP contribution >= 0.6 is 11.3 Å². The van der Waals surface area contributed by atoms with Crippen molar-refractivity contribution in [3.05, 3.63) is 10.6 Å². The van der Waals surface area contributed by atoms with Crippen LogP contribution in [0.25, 0.3) is 0 Å². The van der Waals surface area contributed by atoms with E-state index in [-0.39, 0.29) is 11.5 Å². The molecule has 0 radical (unpaired) electrons. The van der Waals surface area contributed by atoms with E-state index in [1.807, 2.05) is 0 Å². The van der Waals surface area contributed by atoms with Crippen molar-refractivity contribution < 1.29 is 0 Å². The lowest BCUT2D eigenvalue weighted by Crippen LogP contribution is -2.28. The molecular weight excluding hydrogens is 254 g/mol. The van der Waals surface area contributed by atoms with Crippen LogP contribution in [0.4, 0.5) is 5.13 Å². The van der Waals surface area contributed by atoms with Gasteiger partial charge >= 0.3 is 0 Å². The average Bonchev–Trinajstić information content (AvgIpc) is 2.68. The van der Waals surface area contributed by atoms with E-state index < -0.39 is 0 Å². The number of aromatic nitrogens is 1. The number of hydrogen-bond acceptors (Lipinski definition) is 4. The Hall–Kier alpha value is -0.610. The number of rotatable bonds is 4. The number of anilines is 1. The van der Waals surface area contributed by atoms with Crippen molar-refractivity contribution in [2.75, 3.05) is 18.5 Å². The second-order valence-corrected chi connectivity index (χ2v) is 8.07. The number of nitrogens with zero attached hydrogens (tertiary/aromatic N) is 2. The maximum absolute atomic E-state index is 6.31. The number of hydrogen-bond donors (Lipinski definition) is 1. The molecule has 0 fully saturated rings. The smallest absolute Gasteiger partial charge is 0.185 e. The van der Waals surface area contributed by atoms with Crippen LogP contribution in [0.1, 0.15) is 57.1 Å². The highest BCUT2D eigenvalue weighted by Crippen LogP contribution is 2.43.